The Bertz CT molecular complexity index is 361. The first-order chi connectivity index (χ1) is 9.04. The average Bonchev–Trinajstić information content (AvgIpc) is 2.43. The van der Waals surface area contributed by atoms with Gasteiger partial charge < -0.3 is 4.74 Å². The van der Waals surface area contributed by atoms with Crippen LogP contribution >= 0.6 is 11.8 Å². The van der Waals surface area contributed by atoms with Crippen LogP contribution in [0.3, 0.4) is 0 Å². The predicted molar refractivity (Wildman–Crippen MR) is 86.5 cm³/mol. The van der Waals surface area contributed by atoms with Crippen molar-refractivity contribution in [2.75, 3.05) is 5.75 Å². The maximum atomic E-state index is 12.3. The van der Waals surface area contributed by atoms with Crippen molar-refractivity contribution in [2.24, 2.45) is 5.92 Å². The summed E-state index contributed by atoms with van der Waals surface area (Å²) >= 11 is 1.67. The zero-order valence-electron chi connectivity index (χ0n) is 12.5. The standard InChI is InChI=1S/C15H26O2S2/c1-6-9-10-12-14(11(4)5)17-13(7-2)18-15(12)19(16)8-3/h6,11,13-14H,1,7-10H2,2-5H3/t13-,14-,19?/m1/s1. The van der Waals surface area contributed by atoms with Gasteiger partial charge in [0.05, 0.1) is 21.1 Å². The molecule has 0 saturated heterocycles. The van der Waals surface area contributed by atoms with Gasteiger partial charge in [-0.15, -0.1) is 6.58 Å². The molecule has 1 heterocycles. The third kappa shape index (κ3) is 4.47. The summed E-state index contributed by atoms with van der Waals surface area (Å²) in [5.74, 6) is 1.10. The van der Waals surface area contributed by atoms with Gasteiger partial charge in [-0.05, 0) is 30.8 Å². The van der Waals surface area contributed by atoms with E-state index in [1.54, 1.807) is 11.8 Å². The molecule has 0 spiro atoms. The first kappa shape index (κ1) is 17.0. The van der Waals surface area contributed by atoms with Crippen LogP contribution in [-0.2, 0) is 15.5 Å². The van der Waals surface area contributed by atoms with E-state index in [4.69, 9.17) is 4.74 Å². The fraction of sp³-hybridized carbons (Fsp3) is 0.733. The Balaban J connectivity index is 3.12. The van der Waals surface area contributed by atoms with E-state index in [1.807, 2.05) is 13.0 Å². The van der Waals surface area contributed by atoms with E-state index in [1.165, 1.54) is 5.57 Å². The number of ether oxygens (including phenoxy) is 1. The average molecular weight is 303 g/mol. The molecule has 0 aliphatic carbocycles. The van der Waals surface area contributed by atoms with E-state index in [-0.39, 0.29) is 11.5 Å². The third-order valence-electron chi connectivity index (χ3n) is 3.17. The van der Waals surface area contributed by atoms with E-state index in [0.717, 1.165) is 23.5 Å². The first-order valence-corrected chi connectivity index (χ1v) is 9.29. The fourth-order valence-electron chi connectivity index (χ4n) is 2.16. The summed E-state index contributed by atoms with van der Waals surface area (Å²) in [6.45, 7) is 12.2. The van der Waals surface area contributed by atoms with Crippen molar-refractivity contribution >= 4 is 22.6 Å². The highest BCUT2D eigenvalue weighted by molar-refractivity contribution is 8.16. The lowest BCUT2D eigenvalue weighted by Gasteiger charge is -2.35. The monoisotopic (exact) mass is 302 g/mol. The van der Waals surface area contributed by atoms with Crippen molar-refractivity contribution in [3.8, 4) is 0 Å². The van der Waals surface area contributed by atoms with Crippen LogP contribution in [0.25, 0.3) is 0 Å². The summed E-state index contributed by atoms with van der Waals surface area (Å²) in [6.07, 6.45) is 4.82. The minimum absolute atomic E-state index is 0.108. The van der Waals surface area contributed by atoms with Crippen molar-refractivity contribution in [2.45, 2.75) is 58.5 Å². The second kappa shape index (κ2) is 8.28. The molecule has 0 aromatic carbocycles. The number of hydrogen-bond acceptors (Lipinski definition) is 3. The van der Waals surface area contributed by atoms with Crippen LogP contribution in [-0.4, -0.2) is 21.5 Å². The highest BCUT2D eigenvalue weighted by Crippen LogP contribution is 2.41. The molecule has 0 radical (unpaired) electrons. The minimum atomic E-state index is -0.878. The molecule has 0 N–H and O–H groups in total. The largest absolute Gasteiger partial charge is 0.359 e. The highest BCUT2D eigenvalue weighted by Gasteiger charge is 2.33. The summed E-state index contributed by atoms with van der Waals surface area (Å²) < 4.78 is 19.6. The Morgan fingerprint density at radius 2 is 2.16 bits per heavy atom. The van der Waals surface area contributed by atoms with Gasteiger partial charge in [0, 0.05) is 5.75 Å². The molecule has 1 rings (SSSR count). The van der Waals surface area contributed by atoms with E-state index < -0.39 is 10.8 Å². The molecular weight excluding hydrogens is 276 g/mol. The molecular formula is C15H26O2S2. The number of hydrogen-bond donors (Lipinski definition) is 0. The second-order valence-corrected chi connectivity index (χ2v) is 8.14. The number of allylic oxidation sites excluding steroid dienone is 1. The lowest BCUT2D eigenvalue weighted by Crippen LogP contribution is -2.32. The maximum absolute atomic E-state index is 12.3. The topological polar surface area (TPSA) is 26.3 Å². The summed E-state index contributed by atoms with van der Waals surface area (Å²) in [5, 5.41) is 0. The van der Waals surface area contributed by atoms with Gasteiger partial charge in [-0.1, -0.05) is 45.5 Å². The quantitative estimate of drug-likeness (QED) is 0.650. The Morgan fingerprint density at radius 3 is 2.63 bits per heavy atom. The van der Waals surface area contributed by atoms with Gasteiger partial charge in [0.1, 0.15) is 5.44 Å². The lowest BCUT2D eigenvalue weighted by atomic mass is 9.96. The Hall–Kier alpha value is -0.0600. The van der Waals surface area contributed by atoms with Crippen LogP contribution in [0.15, 0.2) is 22.5 Å². The SMILES string of the molecule is C=CCCC1=C(S(=O)CC)S[C@H](CC)O[C@@H]1C(C)C. The molecule has 110 valence electrons. The highest BCUT2D eigenvalue weighted by atomic mass is 32.2. The van der Waals surface area contributed by atoms with Crippen LogP contribution in [0, 0.1) is 5.92 Å². The lowest BCUT2D eigenvalue weighted by molar-refractivity contribution is 0.0240. The van der Waals surface area contributed by atoms with Gasteiger partial charge in [-0.25, -0.2) is 0 Å². The van der Waals surface area contributed by atoms with Gasteiger partial charge in [-0.2, -0.15) is 0 Å². The molecule has 3 atom stereocenters. The fourth-order valence-corrected chi connectivity index (χ4v) is 4.98. The molecule has 19 heavy (non-hydrogen) atoms. The Kier molecular flexibility index (Phi) is 7.40. The molecule has 0 fully saturated rings. The van der Waals surface area contributed by atoms with E-state index in [0.29, 0.717) is 11.7 Å². The number of thioether (sulfide) groups is 1. The van der Waals surface area contributed by atoms with Crippen LogP contribution < -0.4 is 0 Å². The van der Waals surface area contributed by atoms with Gasteiger partial charge >= 0.3 is 0 Å². The van der Waals surface area contributed by atoms with Crippen molar-refractivity contribution < 1.29 is 8.95 Å². The normalized spacial score (nSPS) is 25.7. The molecule has 2 nitrogen and oxygen atoms in total. The van der Waals surface area contributed by atoms with Gasteiger partial charge in [0.25, 0.3) is 0 Å². The smallest absolute Gasteiger partial charge is 0.108 e. The van der Waals surface area contributed by atoms with E-state index in [2.05, 4.69) is 27.4 Å². The molecule has 1 aliphatic rings. The van der Waals surface area contributed by atoms with Gasteiger partial charge in [-0.3, -0.25) is 4.21 Å². The molecule has 4 heteroatoms. The molecule has 0 amide bonds. The molecule has 1 unspecified atom stereocenters. The summed E-state index contributed by atoms with van der Waals surface area (Å²) in [4.78, 5) is 0. The van der Waals surface area contributed by atoms with Crippen molar-refractivity contribution in [3.63, 3.8) is 0 Å². The first-order valence-electron chi connectivity index (χ1n) is 7.09. The maximum Gasteiger partial charge on any atom is 0.108 e. The predicted octanol–water partition coefficient (Wildman–Crippen LogP) is 4.46. The van der Waals surface area contributed by atoms with Crippen LogP contribution in [0.5, 0.6) is 0 Å². The van der Waals surface area contributed by atoms with Crippen LogP contribution in [0.2, 0.25) is 0 Å². The Labute approximate surface area is 124 Å². The Morgan fingerprint density at radius 1 is 1.47 bits per heavy atom. The van der Waals surface area contributed by atoms with Crippen LogP contribution in [0.4, 0.5) is 0 Å². The minimum Gasteiger partial charge on any atom is -0.359 e. The molecule has 0 saturated carbocycles. The van der Waals surface area contributed by atoms with Crippen molar-refractivity contribution in [1.29, 1.82) is 0 Å². The van der Waals surface area contributed by atoms with E-state index in [9.17, 15) is 4.21 Å². The van der Waals surface area contributed by atoms with Crippen molar-refractivity contribution in [1.82, 2.24) is 0 Å². The zero-order chi connectivity index (χ0) is 14.4. The molecule has 0 aromatic heterocycles. The molecule has 0 bridgehead atoms. The summed E-state index contributed by atoms with van der Waals surface area (Å²) in [7, 11) is -0.878. The number of rotatable bonds is 7. The van der Waals surface area contributed by atoms with Gasteiger partial charge in [0.15, 0.2) is 0 Å². The van der Waals surface area contributed by atoms with E-state index >= 15 is 0 Å². The third-order valence-corrected chi connectivity index (χ3v) is 6.40. The molecule has 1 aliphatic heterocycles. The van der Waals surface area contributed by atoms with Crippen LogP contribution in [0.1, 0.15) is 47.0 Å². The summed E-state index contributed by atoms with van der Waals surface area (Å²) in [5.41, 5.74) is 1.38. The van der Waals surface area contributed by atoms with Gasteiger partial charge in [0.2, 0.25) is 0 Å². The summed E-state index contributed by atoms with van der Waals surface area (Å²) in [6, 6.07) is 0. The second-order valence-electron chi connectivity index (χ2n) is 5.03. The zero-order valence-corrected chi connectivity index (χ0v) is 14.1. The molecule has 0 aromatic rings. The van der Waals surface area contributed by atoms with Crippen molar-refractivity contribution in [3.05, 3.63) is 22.5 Å².